The number of hydrogen-bond donors (Lipinski definition) is 4. The van der Waals surface area contributed by atoms with E-state index in [0.717, 1.165) is 49.3 Å². The van der Waals surface area contributed by atoms with Crippen LogP contribution in [-0.4, -0.2) is 66.6 Å². The van der Waals surface area contributed by atoms with Crippen LogP contribution in [0.5, 0.6) is 0 Å². The van der Waals surface area contributed by atoms with Gasteiger partial charge in [-0.25, -0.2) is 29.7 Å². The molecule has 13 heteroatoms. The minimum Gasteiger partial charge on any atom is -0.481 e. The summed E-state index contributed by atoms with van der Waals surface area (Å²) in [6, 6.07) is 5.69. The molecule has 4 N–H and O–H groups in total. The fraction of sp³-hybridized carbons (Fsp3) is 0.321. The Bertz CT molecular complexity index is 1760. The van der Waals surface area contributed by atoms with E-state index in [0.29, 0.717) is 50.0 Å². The summed E-state index contributed by atoms with van der Waals surface area (Å²) in [5.74, 6) is -0.448. The number of anilines is 2. The molecule has 1 saturated heterocycles. The summed E-state index contributed by atoms with van der Waals surface area (Å²) in [5, 5.41) is 16.3. The van der Waals surface area contributed by atoms with Gasteiger partial charge < -0.3 is 20.3 Å². The van der Waals surface area contributed by atoms with Crippen molar-refractivity contribution < 1.29 is 14.7 Å². The summed E-state index contributed by atoms with van der Waals surface area (Å²) >= 11 is 1.39. The first-order valence-electron chi connectivity index (χ1n) is 13.6. The van der Waals surface area contributed by atoms with E-state index in [1.54, 1.807) is 0 Å². The van der Waals surface area contributed by atoms with Gasteiger partial charge in [0.15, 0.2) is 5.13 Å². The number of carbonyl (C=O) groups excluding carboxylic acids is 1. The lowest BCUT2D eigenvalue weighted by Crippen LogP contribution is -2.37. The molecule has 6 rings (SSSR count). The third-order valence-corrected chi connectivity index (χ3v) is 8.30. The van der Waals surface area contributed by atoms with Crippen LogP contribution >= 0.6 is 11.3 Å². The number of carboxylic acids is 1. The minimum absolute atomic E-state index is 0.312. The van der Waals surface area contributed by atoms with E-state index in [1.807, 2.05) is 31.5 Å². The van der Waals surface area contributed by atoms with Crippen LogP contribution in [0.15, 0.2) is 36.9 Å². The Morgan fingerprint density at radius 1 is 1.12 bits per heavy atom. The number of urea groups is 1. The number of fused-ring (bicyclic) bond motifs is 2. The van der Waals surface area contributed by atoms with Crippen LogP contribution in [0, 0.1) is 5.92 Å². The largest absolute Gasteiger partial charge is 0.481 e. The van der Waals surface area contributed by atoms with E-state index < -0.39 is 5.97 Å². The van der Waals surface area contributed by atoms with Crippen LogP contribution in [0.2, 0.25) is 0 Å². The van der Waals surface area contributed by atoms with Crippen LogP contribution in [0.4, 0.5) is 15.9 Å². The monoisotopic (exact) mass is 571 g/mol. The molecule has 0 atom stereocenters. The highest BCUT2D eigenvalue weighted by atomic mass is 32.1. The SMILES string of the molecule is CCNC(=O)Nc1nc2cc(-c3cnc(N4CCC(C(=O)O)CC4)nc3CC)cc(-c3ncnc4[nH]ccc34)c2s1. The number of hydrogen-bond acceptors (Lipinski definition) is 9. The average Bonchev–Trinajstić information content (AvgIpc) is 3.63. The maximum absolute atomic E-state index is 12.2. The summed E-state index contributed by atoms with van der Waals surface area (Å²) in [6.45, 7) is 5.63. The number of aromatic nitrogens is 6. The molecule has 5 heterocycles. The molecule has 1 fully saturated rings. The molecule has 210 valence electrons. The highest BCUT2D eigenvalue weighted by Crippen LogP contribution is 2.40. The number of aromatic amines is 1. The molecule has 2 amide bonds. The highest BCUT2D eigenvalue weighted by Gasteiger charge is 2.26. The second-order valence-electron chi connectivity index (χ2n) is 9.82. The van der Waals surface area contributed by atoms with Gasteiger partial charge in [0.25, 0.3) is 0 Å². The molecule has 0 unspecified atom stereocenters. The van der Waals surface area contributed by atoms with Gasteiger partial charge in [0, 0.05) is 48.5 Å². The van der Waals surface area contributed by atoms with Crippen molar-refractivity contribution in [3.05, 3.63) is 42.6 Å². The van der Waals surface area contributed by atoms with Crippen molar-refractivity contribution in [1.82, 2.24) is 35.2 Å². The molecule has 1 aliphatic heterocycles. The van der Waals surface area contributed by atoms with Gasteiger partial charge in [-0.1, -0.05) is 18.3 Å². The molecule has 0 aliphatic carbocycles. The summed E-state index contributed by atoms with van der Waals surface area (Å²) in [6.07, 6.45) is 7.03. The third kappa shape index (κ3) is 5.15. The van der Waals surface area contributed by atoms with Crippen molar-refractivity contribution in [2.24, 2.45) is 5.92 Å². The number of piperidine rings is 1. The second-order valence-corrected chi connectivity index (χ2v) is 10.8. The van der Waals surface area contributed by atoms with Gasteiger partial charge in [0.05, 0.1) is 27.5 Å². The Kier molecular flexibility index (Phi) is 7.18. The topological polar surface area (TPSA) is 162 Å². The fourth-order valence-corrected chi connectivity index (χ4v) is 6.16. The molecular formula is C28H29N9O3S. The smallest absolute Gasteiger partial charge is 0.321 e. The molecule has 0 bridgehead atoms. The number of carboxylic acid groups (broad SMARTS) is 1. The molecule has 12 nitrogen and oxygen atoms in total. The zero-order valence-electron chi connectivity index (χ0n) is 22.6. The number of H-pyrrole nitrogens is 1. The van der Waals surface area contributed by atoms with E-state index in [2.05, 4.69) is 43.5 Å². The zero-order valence-corrected chi connectivity index (χ0v) is 23.5. The van der Waals surface area contributed by atoms with Gasteiger partial charge in [0.1, 0.15) is 12.0 Å². The summed E-state index contributed by atoms with van der Waals surface area (Å²) in [5.41, 5.74) is 5.72. The predicted octanol–water partition coefficient (Wildman–Crippen LogP) is 4.70. The van der Waals surface area contributed by atoms with Crippen molar-refractivity contribution in [2.45, 2.75) is 33.1 Å². The minimum atomic E-state index is -0.742. The Morgan fingerprint density at radius 2 is 1.95 bits per heavy atom. The number of carbonyl (C=O) groups is 2. The van der Waals surface area contributed by atoms with Crippen LogP contribution in [0.3, 0.4) is 0 Å². The first kappa shape index (κ1) is 26.6. The number of benzene rings is 1. The molecular weight excluding hydrogens is 542 g/mol. The summed E-state index contributed by atoms with van der Waals surface area (Å²) in [4.78, 5) is 52.2. The van der Waals surface area contributed by atoms with Crippen molar-refractivity contribution in [3.8, 4) is 22.4 Å². The zero-order chi connectivity index (χ0) is 28.5. The lowest BCUT2D eigenvalue weighted by atomic mass is 9.97. The Hall–Kier alpha value is -4.65. The maximum Gasteiger partial charge on any atom is 0.321 e. The van der Waals surface area contributed by atoms with E-state index in [-0.39, 0.29) is 11.9 Å². The molecule has 1 aromatic carbocycles. The van der Waals surface area contributed by atoms with E-state index in [9.17, 15) is 14.7 Å². The van der Waals surface area contributed by atoms with Gasteiger partial charge >= 0.3 is 12.0 Å². The molecule has 4 aromatic heterocycles. The van der Waals surface area contributed by atoms with Crippen molar-refractivity contribution in [1.29, 1.82) is 0 Å². The van der Waals surface area contributed by atoms with Gasteiger partial charge in [-0.2, -0.15) is 0 Å². The van der Waals surface area contributed by atoms with Crippen LogP contribution in [0.1, 0.15) is 32.4 Å². The molecule has 0 spiro atoms. The van der Waals surface area contributed by atoms with Gasteiger partial charge in [-0.05, 0) is 49.9 Å². The Balaban J connectivity index is 1.44. The normalized spacial score (nSPS) is 14.0. The van der Waals surface area contributed by atoms with E-state index >= 15 is 0 Å². The average molecular weight is 572 g/mol. The number of aliphatic carboxylic acids is 1. The number of aryl methyl sites for hydroxylation is 1. The Morgan fingerprint density at radius 3 is 2.71 bits per heavy atom. The van der Waals surface area contributed by atoms with Gasteiger partial charge in [-0.3, -0.25) is 10.1 Å². The number of nitrogens with one attached hydrogen (secondary N) is 3. The molecule has 5 aromatic rings. The van der Waals surface area contributed by atoms with E-state index in [1.165, 1.54) is 17.7 Å². The molecule has 0 radical (unpaired) electrons. The van der Waals surface area contributed by atoms with Crippen LogP contribution in [0.25, 0.3) is 43.6 Å². The standard InChI is InChI=1S/C28H29N9O3S/c1-3-20-19(13-31-26(34-20)37-9-6-15(7-10-37)25(38)39)16-11-18(22-17-5-8-30-24(17)33-14-32-22)23-21(12-16)35-28(41-23)36-27(40)29-4-2/h5,8,11-15H,3-4,6-7,9-10H2,1-2H3,(H,38,39)(H,30,32,33)(H2,29,35,36,40). The van der Waals surface area contributed by atoms with Crippen molar-refractivity contribution in [3.63, 3.8) is 0 Å². The first-order chi connectivity index (χ1) is 19.9. The molecule has 0 saturated carbocycles. The maximum atomic E-state index is 12.2. The summed E-state index contributed by atoms with van der Waals surface area (Å²) < 4.78 is 0.888. The van der Waals surface area contributed by atoms with Crippen LogP contribution < -0.4 is 15.5 Å². The first-order valence-corrected chi connectivity index (χ1v) is 14.4. The number of rotatable bonds is 7. The lowest BCUT2D eigenvalue weighted by Gasteiger charge is -2.30. The molecule has 41 heavy (non-hydrogen) atoms. The number of thiazole rings is 1. The van der Waals surface area contributed by atoms with Gasteiger partial charge in [-0.15, -0.1) is 0 Å². The number of amides is 2. The lowest BCUT2D eigenvalue weighted by molar-refractivity contribution is -0.142. The third-order valence-electron chi connectivity index (χ3n) is 7.28. The van der Waals surface area contributed by atoms with Crippen LogP contribution in [-0.2, 0) is 11.2 Å². The highest BCUT2D eigenvalue weighted by molar-refractivity contribution is 7.22. The molecule has 1 aliphatic rings. The van der Waals surface area contributed by atoms with E-state index in [4.69, 9.17) is 15.0 Å². The van der Waals surface area contributed by atoms with Crippen molar-refractivity contribution >= 4 is 55.7 Å². The number of nitrogens with zero attached hydrogens (tertiary/aromatic N) is 6. The Labute approximate surface area is 239 Å². The quantitative estimate of drug-likeness (QED) is 0.217. The fourth-order valence-electron chi connectivity index (χ4n) is 5.20. The van der Waals surface area contributed by atoms with Gasteiger partial charge in [0.2, 0.25) is 5.95 Å². The predicted molar refractivity (Wildman–Crippen MR) is 158 cm³/mol. The second kappa shape index (κ2) is 11.1. The summed E-state index contributed by atoms with van der Waals surface area (Å²) in [7, 11) is 0. The van der Waals surface area contributed by atoms with Crippen molar-refractivity contribution in [2.75, 3.05) is 29.9 Å².